The fraction of sp³-hybridized carbons (Fsp3) is 0.478. The van der Waals surface area contributed by atoms with E-state index in [0.717, 1.165) is 22.6 Å². The highest BCUT2D eigenvalue weighted by Crippen LogP contribution is 2.38. The van der Waals surface area contributed by atoms with Gasteiger partial charge < -0.3 is 0 Å². The van der Waals surface area contributed by atoms with Gasteiger partial charge in [-0.05, 0) is 72.9 Å². The van der Waals surface area contributed by atoms with Crippen molar-refractivity contribution in [1.29, 1.82) is 0 Å². The van der Waals surface area contributed by atoms with Gasteiger partial charge in [0.25, 0.3) is 0 Å². The van der Waals surface area contributed by atoms with Crippen LogP contribution >= 0.6 is 23.4 Å². The molecule has 0 spiro atoms. The minimum Gasteiger partial charge on any atom is -0.121 e. The van der Waals surface area contributed by atoms with Gasteiger partial charge in [-0.15, -0.1) is 11.8 Å². The highest BCUT2D eigenvalue weighted by molar-refractivity contribution is 7.98. The van der Waals surface area contributed by atoms with Crippen LogP contribution in [-0.4, -0.2) is 0 Å². The zero-order valence-corrected chi connectivity index (χ0v) is 16.8. The third-order valence-electron chi connectivity index (χ3n) is 5.48. The van der Waals surface area contributed by atoms with Gasteiger partial charge in [-0.3, -0.25) is 0 Å². The lowest BCUT2D eigenvalue weighted by atomic mass is 9.77. The van der Waals surface area contributed by atoms with Gasteiger partial charge in [0.2, 0.25) is 0 Å². The Bertz CT molecular complexity index is 624. The van der Waals surface area contributed by atoms with Crippen molar-refractivity contribution in [3.8, 4) is 0 Å². The predicted octanol–water partition coefficient (Wildman–Crippen LogP) is 8.10. The highest BCUT2D eigenvalue weighted by Gasteiger charge is 2.21. The van der Waals surface area contributed by atoms with Crippen LogP contribution in [0.3, 0.4) is 0 Å². The lowest BCUT2D eigenvalue weighted by Gasteiger charge is -2.28. The summed E-state index contributed by atoms with van der Waals surface area (Å²) in [7, 11) is 0. The molecule has 1 aliphatic carbocycles. The van der Waals surface area contributed by atoms with E-state index in [4.69, 9.17) is 11.6 Å². The van der Waals surface area contributed by atoms with Crippen molar-refractivity contribution in [2.45, 2.75) is 68.4 Å². The third kappa shape index (κ3) is 5.79. The number of hydrogen-bond acceptors (Lipinski definition) is 1. The molecule has 0 saturated heterocycles. The van der Waals surface area contributed by atoms with Gasteiger partial charge in [0.1, 0.15) is 0 Å². The van der Waals surface area contributed by atoms with Gasteiger partial charge >= 0.3 is 0 Å². The Morgan fingerprint density at radius 1 is 0.920 bits per heavy atom. The smallest absolute Gasteiger partial charge is 0.0406 e. The summed E-state index contributed by atoms with van der Waals surface area (Å²) in [6.45, 7) is 2.30. The molecule has 3 rings (SSSR count). The van der Waals surface area contributed by atoms with Crippen LogP contribution in [0.5, 0.6) is 0 Å². The molecule has 2 aromatic rings. The molecule has 0 radical (unpaired) electrons. The zero-order valence-electron chi connectivity index (χ0n) is 15.2. The second-order valence-electron chi connectivity index (χ2n) is 7.34. The first-order valence-corrected chi connectivity index (χ1v) is 11.1. The molecule has 0 aromatic heterocycles. The predicted molar refractivity (Wildman–Crippen MR) is 112 cm³/mol. The number of hydrogen-bond donors (Lipinski definition) is 0. The summed E-state index contributed by atoms with van der Waals surface area (Å²) in [5.74, 6) is 2.78. The van der Waals surface area contributed by atoms with E-state index in [2.05, 4.69) is 43.3 Å². The fourth-order valence-electron chi connectivity index (χ4n) is 3.86. The van der Waals surface area contributed by atoms with Crippen molar-refractivity contribution in [1.82, 2.24) is 0 Å². The molecule has 25 heavy (non-hydrogen) atoms. The minimum atomic E-state index is 0.785. The quantitative estimate of drug-likeness (QED) is 0.442. The Labute approximate surface area is 162 Å². The van der Waals surface area contributed by atoms with Crippen molar-refractivity contribution in [3.63, 3.8) is 0 Å². The second-order valence-corrected chi connectivity index (χ2v) is 8.83. The first kappa shape index (κ1) is 18.9. The Hall–Kier alpha value is -0.920. The van der Waals surface area contributed by atoms with Crippen molar-refractivity contribution >= 4 is 23.4 Å². The van der Waals surface area contributed by atoms with Gasteiger partial charge in [0.05, 0.1) is 0 Å². The van der Waals surface area contributed by atoms with E-state index in [1.165, 1.54) is 55.4 Å². The lowest BCUT2D eigenvalue weighted by Crippen LogP contribution is -2.13. The van der Waals surface area contributed by atoms with Crippen molar-refractivity contribution < 1.29 is 0 Å². The van der Waals surface area contributed by atoms with Crippen LogP contribution in [0.1, 0.15) is 68.9 Å². The fourth-order valence-corrected chi connectivity index (χ4v) is 4.84. The summed E-state index contributed by atoms with van der Waals surface area (Å²) in [4.78, 5) is 1.36. The molecular formula is C23H29ClS. The van der Waals surface area contributed by atoms with E-state index in [1.807, 2.05) is 23.9 Å². The Morgan fingerprint density at radius 3 is 2.24 bits per heavy atom. The maximum Gasteiger partial charge on any atom is 0.0406 e. The van der Waals surface area contributed by atoms with Crippen LogP contribution < -0.4 is 0 Å². The average molecular weight is 373 g/mol. The molecule has 0 unspecified atom stereocenters. The third-order valence-corrected chi connectivity index (χ3v) is 6.82. The van der Waals surface area contributed by atoms with Crippen molar-refractivity contribution in [2.75, 3.05) is 0 Å². The monoisotopic (exact) mass is 372 g/mol. The number of rotatable bonds is 7. The van der Waals surface area contributed by atoms with Crippen molar-refractivity contribution in [2.24, 2.45) is 5.92 Å². The number of halogens is 1. The van der Waals surface area contributed by atoms with E-state index in [9.17, 15) is 0 Å². The van der Waals surface area contributed by atoms with Crippen molar-refractivity contribution in [3.05, 3.63) is 64.7 Å². The highest BCUT2D eigenvalue weighted by atomic mass is 35.5. The standard InChI is InChI=1S/C23H29ClS/c1-2-3-4-18-5-9-20(10-6-18)21-11-15-23(16-12-21)25-17-19-7-13-22(24)14-8-19/h7-8,11-16,18,20H,2-6,9-10,17H2,1H3/t18-,20-. The van der Waals surface area contributed by atoms with Gasteiger partial charge in [0.15, 0.2) is 0 Å². The molecule has 134 valence electrons. The van der Waals surface area contributed by atoms with E-state index in [0.29, 0.717) is 0 Å². The summed E-state index contributed by atoms with van der Waals surface area (Å²) in [6.07, 6.45) is 9.82. The Balaban J connectivity index is 1.48. The van der Waals surface area contributed by atoms with E-state index >= 15 is 0 Å². The maximum absolute atomic E-state index is 5.95. The molecule has 0 aliphatic heterocycles. The molecule has 2 aromatic carbocycles. The molecule has 1 aliphatic rings. The van der Waals surface area contributed by atoms with Gasteiger partial charge in [-0.2, -0.15) is 0 Å². The molecule has 0 amide bonds. The van der Waals surface area contributed by atoms with Gasteiger partial charge in [-0.1, -0.05) is 62.1 Å². The molecule has 1 fully saturated rings. The van der Waals surface area contributed by atoms with E-state index in [1.54, 1.807) is 5.56 Å². The van der Waals surface area contributed by atoms with Crippen LogP contribution in [0.25, 0.3) is 0 Å². The molecule has 0 nitrogen and oxygen atoms in total. The maximum atomic E-state index is 5.95. The first-order chi connectivity index (χ1) is 12.2. The largest absolute Gasteiger partial charge is 0.121 e. The number of unbranched alkanes of at least 4 members (excludes halogenated alkanes) is 1. The van der Waals surface area contributed by atoms with Crippen LogP contribution in [0.4, 0.5) is 0 Å². The normalized spacial score (nSPS) is 20.6. The van der Waals surface area contributed by atoms with E-state index < -0.39 is 0 Å². The summed E-state index contributed by atoms with van der Waals surface area (Å²) in [5.41, 5.74) is 2.87. The van der Waals surface area contributed by atoms with Gasteiger partial charge in [-0.25, -0.2) is 0 Å². The molecule has 0 atom stereocenters. The number of benzene rings is 2. The number of thioether (sulfide) groups is 1. The summed E-state index contributed by atoms with van der Waals surface area (Å²) >= 11 is 7.85. The zero-order chi connectivity index (χ0) is 17.5. The SMILES string of the molecule is CCCC[C@H]1CC[C@H](c2ccc(SCc3ccc(Cl)cc3)cc2)CC1. The summed E-state index contributed by atoms with van der Waals surface area (Å²) < 4.78 is 0. The van der Waals surface area contributed by atoms with Crippen LogP contribution in [0.15, 0.2) is 53.4 Å². The van der Waals surface area contributed by atoms with Gasteiger partial charge in [0, 0.05) is 15.7 Å². The minimum absolute atomic E-state index is 0.785. The van der Waals surface area contributed by atoms with Crippen LogP contribution in [0, 0.1) is 5.92 Å². The molecule has 0 N–H and O–H groups in total. The Kier molecular flexibility index (Phi) is 7.31. The molecular weight excluding hydrogens is 344 g/mol. The van der Waals surface area contributed by atoms with Crippen LogP contribution in [0.2, 0.25) is 5.02 Å². The first-order valence-electron chi connectivity index (χ1n) is 9.72. The summed E-state index contributed by atoms with van der Waals surface area (Å²) in [6, 6.07) is 17.5. The molecule has 1 saturated carbocycles. The summed E-state index contributed by atoms with van der Waals surface area (Å²) in [5, 5.41) is 0.808. The topological polar surface area (TPSA) is 0 Å². The average Bonchev–Trinajstić information content (AvgIpc) is 2.67. The lowest BCUT2D eigenvalue weighted by molar-refractivity contribution is 0.304. The Morgan fingerprint density at radius 2 is 1.60 bits per heavy atom. The molecule has 0 heterocycles. The molecule has 2 heteroatoms. The second kappa shape index (κ2) is 9.69. The van der Waals surface area contributed by atoms with Crippen LogP contribution in [-0.2, 0) is 5.75 Å². The molecule has 0 bridgehead atoms. The van der Waals surface area contributed by atoms with E-state index in [-0.39, 0.29) is 0 Å².